The monoisotopic (exact) mass is 352 g/mol. The second-order valence-corrected chi connectivity index (χ2v) is 7.09. The van der Waals surface area contributed by atoms with Crippen molar-refractivity contribution in [1.29, 1.82) is 0 Å². The van der Waals surface area contributed by atoms with Gasteiger partial charge in [-0.2, -0.15) is 11.8 Å². The third kappa shape index (κ3) is 5.60. The van der Waals surface area contributed by atoms with Gasteiger partial charge in [0.2, 0.25) is 5.91 Å². The molecule has 0 bridgehead atoms. The number of hydrogen-bond acceptors (Lipinski definition) is 5. The molecule has 134 valence electrons. The normalized spacial score (nSPS) is 16.0. The van der Waals surface area contributed by atoms with Crippen LogP contribution < -0.4 is 20.5 Å². The molecular weight excluding hydrogens is 324 g/mol. The van der Waals surface area contributed by atoms with Crippen molar-refractivity contribution >= 4 is 17.7 Å². The highest BCUT2D eigenvalue weighted by Gasteiger charge is 2.19. The molecule has 24 heavy (non-hydrogen) atoms. The van der Waals surface area contributed by atoms with Crippen molar-refractivity contribution in [3.63, 3.8) is 0 Å². The molecule has 6 heteroatoms. The van der Waals surface area contributed by atoms with Gasteiger partial charge in [-0.1, -0.05) is 0 Å². The Bertz CT molecular complexity index is 533. The summed E-state index contributed by atoms with van der Waals surface area (Å²) in [5.41, 5.74) is 6.86. The van der Waals surface area contributed by atoms with E-state index in [1.807, 2.05) is 24.5 Å². The number of hydrogen-bond donors (Lipinski definition) is 2. The van der Waals surface area contributed by atoms with Crippen molar-refractivity contribution in [3.05, 3.63) is 23.8 Å². The average Bonchev–Trinajstić information content (AvgIpc) is 3.11. The van der Waals surface area contributed by atoms with Crippen LogP contribution in [0.2, 0.25) is 0 Å². The molecule has 2 rings (SSSR count). The van der Waals surface area contributed by atoms with Gasteiger partial charge in [0, 0.05) is 18.2 Å². The summed E-state index contributed by atoms with van der Waals surface area (Å²) >= 11 is 1.69. The third-order valence-corrected chi connectivity index (χ3v) is 4.94. The first kappa shape index (κ1) is 18.9. The van der Waals surface area contributed by atoms with Crippen molar-refractivity contribution in [1.82, 2.24) is 5.32 Å². The Labute approximate surface area is 148 Å². The lowest BCUT2D eigenvalue weighted by Crippen LogP contribution is -2.40. The van der Waals surface area contributed by atoms with Gasteiger partial charge in [-0.25, -0.2) is 0 Å². The molecule has 3 N–H and O–H groups in total. The van der Waals surface area contributed by atoms with Crippen molar-refractivity contribution in [2.24, 2.45) is 5.73 Å². The summed E-state index contributed by atoms with van der Waals surface area (Å²) < 4.78 is 11.4. The molecule has 1 fully saturated rings. The number of nitrogens with two attached hydrogens (primary N) is 1. The topological polar surface area (TPSA) is 73.6 Å². The molecule has 5 nitrogen and oxygen atoms in total. The highest BCUT2D eigenvalue weighted by Crippen LogP contribution is 2.30. The molecule has 1 aliphatic carbocycles. The number of carbonyl (C=O) groups excluding carboxylic acids is 1. The van der Waals surface area contributed by atoms with Gasteiger partial charge in [-0.15, -0.1) is 0 Å². The third-order valence-electron chi connectivity index (χ3n) is 4.29. The van der Waals surface area contributed by atoms with Crippen LogP contribution in [0, 0.1) is 0 Å². The number of amides is 1. The molecule has 0 spiro atoms. The van der Waals surface area contributed by atoms with E-state index in [9.17, 15) is 4.79 Å². The molecule has 0 heterocycles. The lowest BCUT2D eigenvalue weighted by atomic mass is 10.1. The maximum absolute atomic E-state index is 12.1. The molecular formula is C18H28N2O3S. The first-order valence-electron chi connectivity index (χ1n) is 8.50. The lowest BCUT2D eigenvalue weighted by Gasteiger charge is -2.18. The summed E-state index contributed by atoms with van der Waals surface area (Å²) in [6, 6.07) is 5.26. The van der Waals surface area contributed by atoms with E-state index in [2.05, 4.69) is 5.32 Å². The van der Waals surface area contributed by atoms with Gasteiger partial charge < -0.3 is 20.5 Å². The van der Waals surface area contributed by atoms with Crippen LogP contribution in [0.15, 0.2) is 18.2 Å². The zero-order valence-corrected chi connectivity index (χ0v) is 15.4. The van der Waals surface area contributed by atoms with Gasteiger partial charge in [-0.05, 0) is 56.2 Å². The molecule has 1 saturated carbocycles. The summed E-state index contributed by atoms with van der Waals surface area (Å²) in [5, 5.41) is 2.92. The summed E-state index contributed by atoms with van der Waals surface area (Å²) in [6.45, 7) is 0.415. The minimum absolute atomic E-state index is 0.119. The average molecular weight is 353 g/mol. The van der Waals surface area contributed by atoms with Gasteiger partial charge in [0.25, 0.3) is 0 Å². The Morgan fingerprint density at radius 2 is 2.17 bits per heavy atom. The van der Waals surface area contributed by atoms with Gasteiger partial charge in [0.1, 0.15) is 11.5 Å². The number of thioether (sulfide) groups is 1. The minimum Gasteiger partial charge on any atom is -0.497 e. The van der Waals surface area contributed by atoms with E-state index in [0.29, 0.717) is 13.0 Å². The standard InChI is InChI=1S/C18H28N2O3S/c1-22-15-8-7-13(12-20-18(21)16(19)9-10-24-2)17(11-15)23-14-5-3-4-6-14/h7-8,11,14,16H,3-6,9-10,12,19H2,1-2H3,(H,20,21)/t16-/m0/s1. The van der Waals surface area contributed by atoms with Gasteiger partial charge in [0.15, 0.2) is 0 Å². The summed E-state index contributed by atoms with van der Waals surface area (Å²) in [5.74, 6) is 2.31. The molecule has 1 aromatic rings. The van der Waals surface area contributed by atoms with Crippen LogP contribution in [0.4, 0.5) is 0 Å². The van der Waals surface area contributed by atoms with Crippen LogP contribution in [0.25, 0.3) is 0 Å². The van der Waals surface area contributed by atoms with E-state index in [1.165, 1.54) is 12.8 Å². The predicted molar refractivity (Wildman–Crippen MR) is 98.7 cm³/mol. The van der Waals surface area contributed by atoms with Crippen LogP contribution in [-0.4, -0.2) is 37.2 Å². The van der Waals surface area contributed by atoms with Crippen LogP contribution in [0.1, 0.15) is 37.7 Å². The fraction of sp³-hybridized carbons (Fsp3) is 0.611. The van der Waals surface area contributed by atoms with E-state index in [4.69, 9.17) is 15.2 Å². The fourth-order valence-corrected chi connectivity index (χ4v) is 3.28. The van der Waals surface area contributed by atoms with E-state index in [-0.39, 0.29) is 12.0 Å². The second kappa shape index (κ2) is 9.79. The number of methoxy groups -OCH3 is 1. The largest absolute Gasteiger partial charge is 0.497 e. The van der Waals surface area contributed by atoms with Crippen molar-refractivity contribution in [2.45, 2.75) is 50.8 Å². The molecule has 0 aliphatic heterocycles. The molecule has 0 aromatic heterocycles. The molecule has 1 aliphatic rings. The van der Waals surface area contributed by atoms with Gasteiger partial charge in [-0.3, -0.25) is 4.79 Å². The van der Waals surface area contributed by atoms with Crippen molar-refractivity contribution in [3.8, 4) is 11.5 Å². The van der Waals surface area contributed by atoms with Crippen LogP contribution in [0.5, 0.6) is 11.5 Å². The number of rotatable bonds is 9. The predicted octanol–water partition coefficient (Wildman–Crippen LogP) is 2.71. The maximum atomic E-state index is 12.1. The smallest absolute Gasteiger partial charge is 0.237 e. The number of benzene rings is 1. The fourth-order valence-electron chi connectivity index (χ4n) is 2.79. The molecule has 1 amide bonds. The van der Waals surface area contributed by atoms with Crippen LogP contribution in [0.3, 0.4) is 0 Å². The summed E-state index contributed by atoms with van der Waals surface area (Å²) in [6.07, 6.45) is 7.55. The first-order valence-corrected chi connectivity index (χ1v) is 9.89. The number of carbonyl (C=O) groups is 1. The zero-order chi connectivity index (χ0) is 17.4. The van der Waals surface area contributed by atoms with Crippen molar-refractivity contribution in [2.75, 3.05) is 19.1 Å². The minimum atomic E-state index is -0.463. The molecule has 0 radical (unpaired) electrons. The lowest BCUT2D eigenvalue weighted by molar-refractivity contribution is -0.122. The first-order chi connectivity index (χ1) is 11.6. The zero-order valence-electron chi connectivity index (χ0n) is 14.5. The summed E-state index contributed by atoms with van der Waals surface area (Å²) in [7, 11) is 1.64. The Kier molecular flexibility index (Phi) is 7.72. The molecule has 1 aromatic carbocycles. The van der Waals surface area contributed by atoms with Gasteiger partial charge in [0.05, 0.1) is 19.3 Å². The van der Waals surface area contributed by atoms with E-state index in [0.717, 1.165) is 35.7 Å². The van der Waals surface area contributed by atoms with Gasteiger partial charge >= 0.3 is 0 Å². The highest BCUT2D eigenvalue weighted by molar-refractivity contribution is 7.98. The number of nitrogens with one attached hydrogen (secondary N) is 1. The second-order valence-electron chi connectivity index (χ2n) is 6.10. The Morgan fingerprint density at radius 1 is 1.42 bits per heavy atom. The molecule has 1 atom stereocenters. The van der Waals surface area contributed by atoms with E-state index < -0.39 is 6.04 Å². The van der Waals surface area contributed by atoms with Crippen LogP contribution in [-0.2, 0) is 11.3 Å². The van der Waals surface area contributed by atoms with Crippen molar-refractivity contribution < 1.29 is 14.3 Å². The highest BCUT2D eigenvalue weighted by atomic mass is 32.2. The van der Waals surface area contributed by atoms with E-state index in [1.54, 1.807) is 18.9 Å². The quantitative estimate of drug-likeness (QED) is 0.715. The molecule has 0 saturated heterocycles. The van der Waals surface area contributed by atoms with Crippen LogP contribution >= 0.6 is 11.8 Å². The Hall–Kier alpha value is -1.40. The van der Waals surface area contributed by atoms with E-state index >= 15 is 0 Å². The SMILES string of the molecule is COc1ccc(CNC(=O)[C@@H](N)CCSC)c(OC2CCCC2)c1. The summed E-state index contributed by atoms with van der Waals surface area (Å²) in [4.78, 5) is 12.1. The molecule has 0 unspecified atom stereocenters. The maximum Gasteiger partial charge on any atom is 0.237 e. The number of ether oxygens (including phenoxy) is 2. The Balaban J connectivity index is 1.98. The Morgan fingerprint density at radius 3 is 2.83 bits per heavy atom.